The third-order valence-corrected chi connectivity index (χ3v) is 2.63. The highest BCUT2D eigenvalue weighted by molar-refractivity contribution is 5.87. The summed E-state index contributed by atoms with van der Waals surface area (Å²) in [6.07, 6.45) is 3.92. The molecule has 0 aromatic heterocycles. The summed E-state index contributed by atoms with van der Waals surface area (Å²) in [7, 11) is 0. The molecule has 0 aromatic rings. The van der Waals surface area contributed by atoms with Crippen molar-refractivity contribution >= 4 is 5.91 Å². The lowest BCUT2D eigenvalue weighted by molar-refractivity contribution is -0.129. The highest BCUT2D eigenvalue weighted by atomic mass is 16.2. The number of carbonyl (C=O) groups excluding carboxylic acids is 1. The van der Waals surface area contributed by atoms with Crippen LogP contribution in [0.1, 0.15) is 26.7 Å². The molecule has 0 aromatic carbocycles. The van der Waals surface area contributed by atoms with E-state index in [0.29, 0.717) is 0 Å². The van der Waals surface area contributed by atoms with Crippen molar-refractivity contribution in [3.05, 3.63) is 12.7 Å². The van der Waals surface area contributed by atoms with Gasteiger partial charge in [0.15, 0.2) is 0 Å². The van der Waals surface area contributed by atoms with Crippen molar-refractivity contribution in [2.75, 3.05) is 19.8 Å². The Morgan fingerprint density at radius 3 is 2.50 bits per heavy atom. The molecule has 1 fully saturated rings. The predicted molar refractivity (Wildman–Crippen MR) is 57.9 cm³/mol. The second kappa shape index (κ2) is 5.15. The smallest absolute Gasteiger partial charge is 0.247 e. The van der Waals surface area contributed by atoms with Crippen molar-refractivity contribution in [1.82, 2.24) is 9.80 Å². The van der Waals surface area contributed by atoms with Gasteiger partial charge in [0.2, 0.25) is 5.91 Å². The first kappa shape index (κ1) is 11.2. The highest BCUT2D eigenvalue weighted by Gasteiger charge is 2.19. The van der Waals surface area contributed by atoms with Crippen molar-refractivity contribution in [2.45, 2.75) is 32.7 Å². The Bertz CT molecular complexity index is 207. The zero-order valence-corrected chi connectivity index (χ0v) is 9.20. The summed E-state index contributed by atoms with van der Waals surface area (Å²) in [5.41, 5.74) is 0. The Morgan fingerprint density at radius 2 is 2.07 bits per heavy atom. The van der Waals surface area contributed by atoms with E-state index >= 15 is 0 Å². The molecule has 0 bridgehead atoms. The fourth-order valence-corrected chi connectivity index (χ4v) is 1.74. The maximum absolute atomic E-state index is 11.5. The van der Waals surface area contributed by atoms with Crippen LogP contribution in [0.4, 0.5) is 0 Å². The topological polar surface area (TPSA) is 23.6 Å². The number of rotatable bonds is 4. The Balaban J connectivity index is 2.49. The molecule has 3 heteroatoms. The lowest BCUT2D eigenvalue weighted by Crippen LogP contribution is -2.43. The van der Waals surface area contributed by atoms with E-state index in [0.717, 1.165) is 19.8 Å². The number of carbonyl (C=O) groups is 1. The van der Waals surface area contributed by atoms with Crippen molar-refractivity contribution in [2.24, 2.45) is 0 Å². The number of nitrogens with zero attached hydrogens (tertiary/aromatic N) is 2. The molecule has 0 aliphatic carbocycles. The number of likely N-dealkylation sites (tertiary alicyclic amines) is 1. The van der Waals surface area contributed by atoms with Crippen LogP contribution < -0.4 is 0 Å². The molecule has 0 unspecified atom stereocenters. The fourth-order valence-electron chi connectivity index (χ4n) is 1.74. The van der Waals surface area contributed by atoms with Crippen molar-refractivity contribution in [1.29, 1.82) is 0 Å². The van der Waals surface area contributed by atoms with Crippen LogP contribution in [0.5, 0.6) is 0 Å². The lowest BCUT2D eigenvalue weighted by Gasteiger charge is -2.30. The van der Waals surface area contributed by atoms with Crippen molar-refractivity contribution in [3.63, 3.8) is 0 Å². The molecule has 3 nitrogen and oxygen atoms in total. The molecule has 0 atom stereocenters. The fraction of sp³-hybridized carbons (Fsp3) is 0.727. The van der Waals surface area contributed by atoms with Gasteiger partial charge < -0.3 is 4.90 Å². The summed E-state index contributed by atoms with van der Waals surface area (Å²) in [6.45, 7) is 10.6. The monoisotopic (exact) mass is 196 g/mol. The summed E-state index contributed by atoms with van der Waals surface area (Å²) in [4.78, 5) is 15.7. The normalized spacial score (nSPS) is 17.4. The maximum Gasteiger partial charge on any atom is 0.247 e. The van der Waals surface area contributed by atoms with Crippen LogP contribution in [-0.4, -0.2) is 41.5 Å². The molecule has 1 heterocycles. The van der Waals surface area contributed by atoms with Gasteiger partial charge >= 0.3 is 0 Å². The summed E-state index contributed by atoms with van der Waals surface area (Å²) in [6, 6.07) is 0.251. The molecule has 1 rings (SSSR count). The quantitative estimate of drug-likeness (QED) is 0.636. The van der Waals surface area contributed by atoms with E-state index in [1.54, 1.807) is 0 Å². The summed E-state index contributed by atoms with van der Waals surface area (Å²) in [5, 5.41) is 0. The van der Waals surface area contributed by atoms with Gasteiger partial charge in [0, 0.05) is 6.04 Å². The molecule has 1 saturated heterocycles. The molecule has 80 valence electrons. The van der Waals surface area contributed by atoms with E-state index in [9.17, 15) is 4.79 Å². The van der Waals surface area contributed by atoms with E-state index < -0.39 is 0 Å². The average molecular weight is 196 g/mol. The number of hydrogen-bond donors (Lipinski definition) is 0. The summed E-state index contributed by atoms with van der Waals surface area (Å²) < 4.78 is 0. The van der Waals surface area contributed by atoms with Crippen LogP contribution in [0.25, 0.3) is 0 Å². The van der Waals surface area contributed by atoms with Gasteiger partial charge in [0.25, 0.3) is 0 Å². The predicted octanol–water partition coefficient (Wildman–Crippen LogP) is 1.46. The van der Waals surface area contributed by atoms with Gasteiger partial charge in [0.1, 0.15) is 0 Å². The molecular weight excluding hydrogens is 176 g/mol. The first-order valence-corrected chi connectivity index (χ1v) is 5.30. The molecule has 1 amide bonds. The Labute approximate surface area is 86.4 Å². The van der Waals surface area contributed by atoms with Crippen molar-refractivity contribution in [3.8, 4) is 0 Å². The standard InChI is InChI=1S/C11H20N2O/c1-4-11(14)13(10(2)3)9-12-7-5-6-8-12/h4,10H,1,5-9H2,2-3H3. The van der Waals surface area contributed by atoms with Gasteiger partial charge in [-0.3, -0.25) is 9.69 Å². The van der Waals surface area contributed by atoms with Crippen LogP contribution in [-0.2, 0) is 4.79 Å². The van der Waals surface area contributed by atoms with E-state index in [1.807, 2.05) is 18.7 Å². The number of hydrogen-bond acceptors (Lipinski definition) is 2. The van der Waals surface area contributed by atoms with E-state index in [4.69, 9.17) is 0 Å². The minimum atomic E-state index is 0.0342. The minimum absolute atomic E-state index is 0.0342. The van der Waals surface area contributed by atoms with Gasteiger partial charge in [-0.15, -0.1) is 0 Å². The molecule has 0 spiro atoms. The second-order valence-electron chi connectivity index (χ2n) is 4.07. The Hall–Kier alpha value is -0.830. The Kier molecular flexibility index (Phi) is 4.14. The maximum atomic E-state index is 11.5. The third-order valence-electron chi connectivity index (χ3n) is 2.63. The first-order chi connectivity index (χ1) is 6.65. The summed E-state index contributed by atoms with van der Waals surface area (Å²) in [5.74, 6) is 0.0342. The first-order valence-electron chi connectivity index (χ1n) is 5.30. The van der Waals surface area contributed by atoms with E-state index in [-0.39, 0.29) is 11.9 Å². The summed E-state index contributed by atoms with van der Waals surface area (Å²) >= 11 is 0. The van der Waals surface area contributed by atoms with Gasteiger partial charge in [0.05, 0.1) is 6.67 Å². The molecule has 1 aliphatic rings. The molecule has 0 radical (unpaired) electrons. The van der Waals surface area contributed by atoms with Gasteiger partial charge in [-0.1, -0.05) is 6.58 Å². The molecule has 14 heavy (non-hydrogen) atoms. The Morgan fingerprint density at radius 1 is 1.50 bits per heavy atom. The van der Waals surface area contributed by atoms with Gasteiger partial charge in [-0.25, -0.2) is 0 Å². The zero-order valence-electron chi connectivity index (χ0n) is 9.20. The minimum Gasteiger partial charge on any atom is -0.324 e. The van der Waals surface area contributed by atoms with Crippen LogP contribution in [0.15, 0.2) is 12.7 Å². The molecule has 1 aliphatic heterocycles. The molecule has 0 saturated carbocycles. The molecule has 0 N–H and O–H groups in total. The number of amides is 1. The third kappa shape index (κ3) is 2.84. The van der Waals surface area contributed by atoms with E-state index in [2.05, 4.69) is 11.5 Å². The average Bonchev–Trinajstić information content (AvgIpc) is 2.65. The van der Waals surface area contributed by atoms with Crippen LogP contribution in [0, 0.1) is 0 Å². The van der Waals surface area contributed by atoms with Crippen LogP contribution in [0.2, 0.25) is 0 Å². The highest BCUT2D eigenvalue weighted by Crippen LogP contribution is 2.10. The van der Waals surface area contributed by atoms with Crippen LogP contribution >= 0.6 is 0 Å². The SMILES string of the molecule is C=CC(=O)N(CN1CCCC1)C(C)C. The molecular formula is C11H20N2O. The lowest BCUT2D eigenvalue weighted by atomic mass is 10.3. The zero-order chi connectivity index (χ0) is 10.6. The van der Waals surface area contributed by atoms with Gasteiger partial charge in [-0.05, 0) is 45.9 Å². The second-order valence-corrected chi connectivity index (χ2v) is 4.07. The van der Waals surface area contributed by atoms with Crippen molar-refractivity contribution < 1.29 is 4.79 Å². The van der Waals surface area contributed by atoms with E-state index in [1.165, 1.54) is 18.9 Å². The van der Waals surface area contributed by atoms with Crippen LogP contribution in [0.3, 0.4) is 0 Å². The van der Waals surface area contributed by atoms with Gasteiger partial charge in [-0.2, -0.15) is 0 Å². The largest absolute Gasteiger partial charge is 0.324 e.